The standard InChI is InChI=1S/C9H13Cl4N4OP3/c10-19(11)14-20(12,13)16-21(15-19)17(6-3-7-18-21)8-9-4-1-2-5-9/h1-2,4H,3,5-8H2. The first kappa shape index (κ1) is 17.1. The van der Waals surface area contributed by atoms with Crippen LogP contribution in [-0.4, -0.2) is 24.4 Å². The summed E-state index contributed by atoms with van der Waals surface area (Å²) in [5.41, 5.74) is 1.27. The van der Waals surface area contributed by atoms with Crippen molar-refractivity contribution in [3.63, 3.8) is 0 Å². The number of halogens is 4. The fourth-order valence-corrected chi connectivity index (χ4v) is 17.5. The van der Waals surface area contributed by atoms with Crippen LogP contribution < -0.4 is 0 Å². The minimum absolute atomic E-state index is 0.552. The average Bonchev–Trinajstić information content (AvgIpc) is 2.81. The van der Waals surface area contributed by atoms with Gasteiger partial charge >= 0.3 is 0 Å². The molecule has 118 valence electrons. The highest BCUT2D eigenvalue weighted by atomic mass is 35.9. The normalized spacial score (nSPS) is 34.0. The molecule has 0 aromatic rings. The molecule has 0 amide bonds. The Bertz CT molecular complexity index is 669. The van der Waals surface area contributed by atoms with E-state index in [1.807, 2.05) is 6.08 Å². The lowest BCUT2D eigenvalue weighted by molar-refractivity contribution is 0.243. The average molecular weight is 428 g/mol. The van der Waals surface area contributed by atoms with Crippen molar-refractivity contribution in [1.29, 1.82) is 0 Å². The molecule has 1 unspecified atom stereocenters. The molecule has 2 heterocycles. The number of allylic oxidation sites excluding steroid dienone is 3. The van der Waals surface area contributed by atoms with Gasteiger partial charge in [0.15, 0.2) is 0 Å². The molecule has 1 fully saturated rings. The Morgan fingerprint density at radius 2 is 1.90 bits per heavy atom. The van der Waals surface area contributed by atoms with Crippen molar-refractivity contribution in [2.24, 2.45) is 13.5 Å². The Kier molecular flexibility index (Phi) is 5.11. The van der Waals surface area contributed by atoms with Crippen molar-refractivity contribution in [2.45, 2.75) is 12.8 Å². The van der Waals surface area contributed by atoms with Crippen LogP contribution in [0.5, 0.6) is 0 Å². The Hall–Kier alpha value is 1.25. The van der Waals surface area contributed by atoms with E-state index < -0.39 is 19.4 Å². The summed E-state index contributed by atoms with van der Waals surface area (Å²) in [5, 5.41) is 0. The van der Waals surface area contributed by atoms with Gasteiger partial charge in [0.25, 0.3) is 19.4 Å². The summed E-state index contributed by atoms with van der Waals surface area (Å²) in [6, 6.07) is 0. The topological polar surface area (TPSA) is 49.6 Å². The van der Waals surface area contributed by atoms with E-state index in [2.05, 4.69) is 30.4 Å². The van der Waals surface area contributed by atoms with Crippen LogP contribution in [0.3, 0.4) is 0 Å². The smallest absolute Gasteiger partial charge is 0.282 e. The molecular weight excluding hydrogens is 415 g/mol. The zero-order valence-corrected chi connectivity index (χ0v) is 16.5. The molecule has 5 nitrogen and oxygen atoms in total. The second kappa shape index (κ2) is 6.28. The molecule has 1 atom stereocenters. The van der Waals surface area contributed by atoms with E-state index in [9.17, 15) is 0 Å². The summed E-state index contributed by atoms with van der Waals surface area (Å²) in [6.45, 7) is 2.06. The predicted octanol–water partition coefficient (Wildman–Crippen LogP) is 7.40. The zero-order valence-electron chi connectivity index (χ0n) is 10.8. The lowest BCUT2D eigenvalue weighted by Crippen LogP contribution is -2.29. The molecule has 1 saturated heterocycles. The SMILES string of the molecule is ClP1(Cl)=NP(Cl)(Cl)=NP2(=N1)OCCCN2CC1=CC=CC1. The summed E-state index contributed by atoms with van der Waals surface area (Å²) in [5.74, 6) is -5.88. The maximum Gasteiger partial charge on any atom is 0.282 e. The highest BCUT2D eigenvalue weighted by Crippen LogP contribution is 2.86. The first-order valence-corrected chi connectivity index (χ1v) is 14.8. The molecule has 0 aromatic carbocycles. The van der Waals surface area contributed by atoms with Crippen molar-refractivity contribution < 1.29 is 4.52 Å². The van der Waals surface area contributed by atoms with Crippen LogP contribution in [0.2, 0.25) is 0 Å². The Morgan fingerprint density at radius 1 is 1.14 bits per heavy atom. The molecule has 0 aromatic heterocycles. The van der Waals surface area contributed by atoms with Crippen molar-refractivity contribution in [3.05, 3.63) is 23.8 Å². The summed E-state index contributed by atoms with van der Waals surface area (Å²) in [6.07, 6.45) is 8.06. The van der Waals surface area contributed by atoms with Gasteiger partial charge in [-0.1, -0.05) is 23.8 Å². The molecule has 0 bridgehead atoms. The molecular formula is C9H13Cl4N4OP3. The summed E-state index contributed by atoms with van der Waals surface area (Å²) in [7, 11) is -2.70. The van der Waals surface area contributed by atoms with E-state index in [4.69, 9.17) is 49.5 Å². The minimum atomic E-state index is -2.94. The quantitative estimate of drug-likeness (QED) is 0.431. The zero-order chi connectivity index (χ0) is 15.1. The van der Waals surface area contributed by atoms with Gasteiger partial charge in [-0.3, -0.25) is 0 Å². The molecule has 0 saturated carbocycles. The Morgan fingerprint density at radius 3 is 2.57 bits per heavy atom. The highest BCUT2D eigenvalue weighted by molar-refractivity contribution is 8.20. The van der Waals surface area contributed by atoms with Crippen LogP contribution in [0.15, 0.2) is 37.3 Å². The van der Waals surface area contributed by atoms with Crippen molar-refractivity contribution in [2.75, 3.05) is 19.7 Å². The number of rotatable bonds is 2. The third kappa shape index (κ3) is 4.02. The lowest BCUT2D eigenvalue weighted by atomic mass is 10.2. The van der Waals surface area contributed by atoms with Crippen LogP contribution in [0, 0.1) is 0 Å². The largest absolute Gasteiger partial charge is 0.316 e. The van der Waals surface area contributed by atoms with Crippen molar-refractivity contribution in [1.82, 2.24) is 4.67 Å². The molecule has 21 heavy (non-hydrogen) atoms. The van der Waals surface area contributed by atoms with Gasteiger partial charge in [-0.05, 0) is 57.8 Å². The highest BCUT2D eigenvalue weighted by Gasteiger charge is 2.41. The maximum atomic E-state index is 6.20. The lowest BCUT2D eigenvalue weighted by Gasteiger charge is -2.38. The first-order chi connectivity index (χ1) is 9.80. The van der Waals surface area contributed by atoms with Crippen LogP contribution in [0.25, 0.3) is 0 Å². The third-order valence-corrected chi connectivity index (χ3v) is 14.9. The Labute approximate surface area is 143 Å². The molecule has 2 aliphatic heterocycles. The van der Waals surface area contributed by atoms with Crippen LogP contribution in [0.1, 0.15) is 12.8 Å². The van der Waals surface area contributed by atoms with Gasteiger partial charge in [0, 0.05) is 13.1 Å². The maximum absolute atomic E-state index is 6.20. The van der Waals surface area contributed by atoms with Crippen molar-refractivity contribution >= 4 is 64.4 Å². The van der Waals surface area contributed by atoms with E-state index in [1.54, 1.807) is 0 Å². The predicted molar refractivity (Wildman–Crippen MR) is 95.4 cm³/mol. The van der Waals surface area contributed by atoms with Gasteiger partial charge in [0.2, 0.25) is 0 Å². The van der Waals surface area contributed by atoms with Gasteiger partial charge in [-0.2, -0.15) is 13.5 Å². The van der Waals surface area contributed by atoms with Crippen LogP contribution in [0.4, 0.5) is 0 Å². The monoisotopic (exact) mass is 426 g/mol. The second-order valence-corrected chi connectivity index (χ2v) is 17.2. The number of nitrogens with zero attached hydrogens (tertiary/aromatic N) is 4. The fourth-order valence-electron chi connectivity index (χ4n) is 2.29. The van der Waals surface area contributed by atoms with E-state index in [-0.39, 0.29) is 0 Å². The van der Waals surface area contributed by atoms with Gasteiger partial charge < -0.3 is 4.52 Å². The van der Waals surface area contributed by atoms with Crippen LogP contribution in [-0.2, 0) is 4.52 Å². The molecule has 3 aliphatic rings. The van der Waals surface area contributed by atoms with E-state index >= 15 is 0 Å². The Balaban J connectivity index is 2.02. The molecule has 0 radical (unpaired) electrons. The van der Waals surface area contributed by atoms with Gasteiger partial charge in [0.1, 0.15) is 0 Å². The summed E-state index contributed by atoms with van der Waals surface area (Å²) >= 11 is 24.8. The van der Waals surface area contributed by atoms with Gasteiger partial charge in [-0.15, -0.1) is 0 Å². The summed E-state index contributed by atoms with van der Waals surface area (Å²) < 4.78 is 20.9. The summed E-state index contributed by atoms with van der Waals surface area (Å²) in [4.78, 5) is 0. The van der Waals surface area contributed by atoms with E-state index in [0.29, 0.717) is 13.2 Å². The number of hydrogen-bond acceptors (Lipinski definition) is 5. The first-order valence-electron chi connectivity index (χ1n) is 6.25. The van der Waals surface area contributed by atoms with E-state index in [1.165, 1.54) is 5.57 Å². The molecule has 12 heteroatoms. The number of hydrogen-bond donors (Lipinski definition) is 0. The fraction of sp³-hybridized carbons (Fsp3) is 0.556. The second-order valence-electron chi connectivity index (χ2n) is 4.73. The molecule has 1 aliphatic carbocycles. The van der Waals surface area contributed by atoms with Gasteiger partial charge in [-0.25, -0.2) is 4.67 Å². The minimum Gasteiger partial charge on any atom is -0.316 e. The molecule has 0 N–H and O–H groups in total. The van der Waals surface area contributed by atoms with Crippen LogP contribution >= 0.6 is 64.4 Å². The van der Waals surface area contributed by atoms with E-state index in [0.717, 1.165) is 19.4 Å². The van der Waals surface area contributed by atoms with Gasteiger partial charge in [0.05, 0.1) is 6.61 Å². The third-order valence-electron chi connectivity index (χ3n) is 3.09. The molecule has 1 spiro atoms. The molecule has 3 rings (SSSR count). The van der Waals surface area contributed by atoms with Crippen molar-refractivity contribution in [3.8, 4) is 0 Å².